The quantitative estimate of drug-likeness (QED) is 0.718. The van der Waals surface area contributed by atoms with Gasteiger partial charge in [-0.2, -0.15) is 0 Å². The Morgan fingerprint density at radius 1 is 1.32 bits per heavy atom. The van der Waals surface area contributed by atoms with Gasteiger partial charge in [0.05, 0.1) is 0 Å². The van der Waals surface area contributed by atoms with Crippen molar-refractivity contribution in [2.45, 2.75) is 57.7 Å². The second-order valence-electron chi connectivity index (χ2n) is 6.62. The molecule has 2 unspecified atom stereocenters. The summed E-state index contributed by atoms with van der Waals surface area (Å²) in [5.41, 5.74) is 0.454. The lowest BCUT2D eigenvalue weighted by atomic mass is 10.2. The van der Waals surface area contributed by atoms with Gasteiger partial charge in [0, 0.05) is 21.3 Å². The second kappa shape index (κ2) is 7.02. The van der Waals surface area contributed by atoms with E-state index in [1.807, 2.05) is 20.8 Å². The molecule has 1 fully saturated rings. The fraction of sp³-hybridized carbons (Fsp3) is 0.562. The number of benzene rings is 1. The summed E-state index contributed by atoms with van der Waals surface area (Å²) in [6.45, 7) is 5.55. The summed E-state index contributed by atoms with van der Waals surface area (Å²) in [6.07, 6.45) is 2.35. The molecule has 1 aromatic carbocycles. The van der Waals surface area contributed by atoms with Crippen molar-refractivity contribution < 1.29 is 13.9 Å². The molecule has 2 rings (SSSR count). The van der Waals surface area contributed by atoms with Gasteiger partial charge in [-0.1, -0.05) is 0 Å². The Kier molecular flexibility index (Phi) is 5.52. The number of hydrogen-bond acceptors (Lipinski definition) is 3. The van der Waals surface area contributed by atoms with Crippen LogP contribution in [0, 0.1) is 9.39 Å². The summed E-state index contributed by atoms with van der Waals surface area (Å²) in [5.74, 6) is -0.231. The first kappa shape index (κ1) is 17.3. The van der Waals surface area contributed by atoms with Crippen molar-refractivity contribution in [3.8, 4) is 0 Å². The lowest BCUT2D eigenvalue weighted by Gasteiger charge is -2.22. The van der Waals surface area contributed by atoms with E-state index in [9.17, 15) is 9.18 Å². The van der Waals surface area contributed by atoms with Crippen molar-refractivity contribution in [2.24, 2.45) is 0 Å². The van der Waals surface area contributed by atoms with Crippen molar-refractivity contribution in [3.63, 3.8) is 0 Å². The van der Waals surface area contributed by atoms with Crippen molar-refractivity contribution in [1.82, 2.24) is 5.32 Å². The van der Waals surface area contributed by atoms with Crippen LogP contribution in [0.5, 0.6) is 0 Å². The summed E-state index contributed by atoms with van der Waals surface area (Å²) >= 11 is 2.12. The van der Waals surface area contributed by atoms with Crippen LogP contribution >= 0.6 is 22.6 Å². The zero-order valence-electron chi connectivity index (χ0n) is 13.1. The van der Waals surface area contributed by atoms with Gasteiger partial charge in [0.1, 0.15) is 11.4 Å². The van der Waals surface area contributed by atoms with E-state index in [-0.39, 0.29) is 24.0 Å². The van der Waals surface area contributed by atoms with Crippen LogP contribution in [-0.2, 0) is 4.74 Å². The van der Waals surface area contributed by atoms with Crippen LogP contribution in [0.15, 0.2) is 18.2 Å². The molecular weight excluding hydrogens is 398 g/mol. The number of hydrogen-bond donors (Lipinski definition) is 2. The summed E-state index contributed by atoms with van der Waals surface area (Å²) in [7, 11) is 0. The van der Waals surface area contributed by atoms with Gasteiger partial charge >= 0.3 is 6.09 Å². The molecule has 2 atom stereocenters. The highest BCUT2D eigenvalue weighted by molar-refractivity contribution is 14.1. The molecule has 0 spiro atoms. The molecule has 0 saturated heterocycles. The minimum Gasteiger partial charge on any atom is -0.444 e. The molecule has 0 radical (unpaired) electrons. The molecule has 1 aliphatic carbocycles. The number of nitrogens with one attached hydrogen (secondary N) is 2. The Morgan fingerprint density at radius 2 is 2.00 bits per heavy atom. The summed E-state index contributed by atoms with van der Waals surface area (Å²) < 4.78 is 19.2. The first-order chi connectivity index (χ1) is 10.2. The molecule has 6 heteroatoms. The highest BCUT2D eigenvalue weighted by Crippen LogP contribution is 2.26. The normalized spacial score (nSPS) is 21.5. The minimum absolute atomic E-state index is 0.116. The van der Waals surface area contributed by atoms with Gasteiger partial charge < -0.3 is 15.4 Å². The molecule has 1 aromatic rings. The smallest absolute Gasteiger partial charge is 0.407 e. The predicted molar refractivity (Wildman–Crippen MR) is 93.5 cm³/mol. The standard InChI is InChI=1S/C16H22FIN2O2/c1-16(2,3)22-15(21)20-12-6-5-11(9-12)19-14-7-4-10(17)8-13(14)18/h4,7-8,11-12,19H,5-6,9H2,1-3H3,(H,20,21). The fourth-order valence-electron chi connectivity index (χ4n) is 2.54. The van der Waals surface area contributed by atoms with Gasteiger partial charge in [-0.3, -0.25) is 0 Å². The Balaban J connectivity index is 1.84. The topological polar surface area (TPSA) is 50.4 Å². The van der Waals surface area contributed by atoms with E-state index in [4.69, 9.17) is 4.74 Å². The van der Waals surface area contributed by atoms with Crippen molar-refractivity contribution in [1.29, 1.82) is 0 Å². The molecule has 0 aromatic heterocycles. The zero-order chi connectivity index (χ0) is 16.3. The zero-order valence-corrected chi connectivity index (χ0v) is 15.2. The van der Waals surface area contributed by atoms with Gasteiger partial charge in [0.2, 0.25) is 0 Å². The minimum atomic E-state index is -0.482. The van der Waals surface area contributed by atoms with E-state index >= 15 is 0 Å². The van der Waals surface area contributed by atoms with Crippen molar-refractivity contribution in [3.05, 3.63) is 27.6 Å². The number of carbonyl (C=O) groups excluding carboxylic acids is 1. The number of carbonyl (C=O) groups is 1. The monoisotopic (exact) mass is 420 g/mol. The van der Waals surface area contributed by atoms with Gasteiger partial charge in [-0.15, -0.1) is 0 Å². The maximum atomic E-state index is 13.1. The third kappa shape index (κ3) is 5.30. The maximum absolute atomic E-state index is 13.1. The van der Waals surface area contributed by atoms with Crippen molar-refractivity contribution >= 4 is 34.4 Å². The summed E-state index contributed by atoms with van der Waals surface area (Å²) in [4.78, 5) is 11.8. The first-order valence-corrected chi connectivity index (χ1v) is 8.52. The van der Waals surface area contributed by atoms with Gasteiger partial charge in [-0.05, 0) is 80.8 Å². The maximum Gasteiger partial charge on any atom is 0.407 e. The van der Waals surface area contributed by atoms with Crippen LogP contribution in [0.1, 0.15) is 40.0 Å². The Morgan fingerprint density at radius 3 is 2.64 bits per heavy atom. The predicted octanol–water partition coefficient (Wildman–Crippen LogP) is 4.29. The molecule has 0 aliphatic heterocycles. The number of halogens is 2. The number of anilines is 1. The molecule has 0 bridgehead atoms. The van der Waals surface area contributed by atoms with Crippen LogP contribution < -0.4 is 10.6 Å². The third-order valence-electron chi connectivity index (χ3n) is 3.44. The lowest BCUT2D eigenvalue weighted by Crippen LogP contribution is -2.38. The third-order valence-corrected chi connectivity index (χ3v) is 4.34. The van der Waals surface area contributed by atoms with Crippen LogP contribution in [0.4, 0.5) is 14.9 Å². The average molecular weight is 420 g/mol. The average Bonchev–Trinajstić information content (AvgIpc) is 2.77. The van der Waals surface area contributed by atoms with E-state index in [1.54, 1.807) is 6.07 Å². The van der Waals surface area contributed by atoms with Gasteiger partial charge in [-0.25, -0.2) is 9.18 Å². The first-order valence-electron chi connectivity index (χ1n) is 7.44. The SMILES string of the molecule is CC(C)(C)OC(=O)NC1CCC(Nc2ccc(F)cc2I)C1. The second-order valence-corrected chi connectivity index (χ2v) is 7.78. The summed E-state index contributed by atoms with van der Waals surface area (Å²) in [6, 6.07) is 5.11. The van der Waals surface area contributed by atoms with Crippen LogP contribution in [0.25, 0.3) is 0 Å². The van der Waals surface area contributed by atoms with E-state index in [2.05, 4.69) is 33.2 Å². The molecular formula is C16H22FIN2O2. The van der Waals surface area contributed by atoms with Gasteiger partial charge in [0.15, 0.2) is 0 Å². The number of ether oxygens (including phenoxy) is 1. The van der Waals surface area contributed by atoms with E-state index < -0.39 is 5.60 Å². The van der Waals surface area contributed by atoms with E-state index in [1.165, 1.54) is 12.1 Å². The molecule has 1 aliphatic rings. The largest absolute Gasteiger partial charge is 0.444 e. The molecule has 22 heavy (non-hydrogen) atoms. The lowest BCUT2D eigenvalue weighted by molar-refractivity contribution is 0.0505. The van der Waals surface area contributed by atoms with Crippen molar-refractivity contribution in [2.75, 3.05) is 5.32 Å². The number of amides is 1. The molecule has 1 amide bonds. The molecule has 122 valence electrons. The summed E-state index contributed by atoms with van der Waals surface area (Å²) in [5, 5.41) is 6.33. The highest BCUT2D eigenvalue weighted by atomic mass is 127. The van der Waals surface area contributed by atoms with Crippen LogP contribution in [0.2, 0.25) is 0 Å². The Bertz CT molecular complexity index is 545. The Labute approximate surface area is 144 Å². The van der Waals surface area contributed by atoms with Gasteiger partial charge in [0.25, 0.3) is 0 Å². The highest BCUT2D eigenvalue weighted by Gasteiger charge is 2.27. The molecule has 4 nitrogen and oxygen atoms in total. The molecule has 1 saturated carbocycles. The fourth-order valence-corrected chi connectivity index (χ4v) is 3.18. The number of alkyl carbamates (subject to hydrolysis) is 1. The Hall–Kier alpha value is -1.05. The van der Waals surface area contributed by atoms with Crippen LogP contribution in [0.3, 0.4) is 0 Å². The van der Waals surface area contributed by atoms with E-state index in [0.717, 1.165) is 28.5 Å². The molecule has 2 N–H and O–H groups in total. The van der Waals surface area contributed by atoms with Crippen LogP contribution in [-0.4, -0.2) is 23.8 Å². The number of rotatable bonds is 3. The molecule has 0 heterocycles. The van der Waals surface area contributed by atoms with E-state index in [0.29, 0.717) is 0 Å².